The van der Waals surface area contributed by atoms with Crippen molar-refractivity contribution in [2.24, 2.45) is 5.92 Å². The minimum atomic E-state index is -3.75. The van der Waals surface area contributed by atoms with Crippen LogP contribution < -0.4 is 10.6 Å². The van der Waals surface area contributed by atoms with E-state index in [1.807, 2.05) is 0 Å². The fourth-order valence-corrected chi connectivity index (χ4v) is 4.81. The van der Waals surface area contributed by atoms with E-state index in [4.69, 9.17) is 0 Å². The first-order valence-corrected chi connectivity index (χ1v) is 12.4. The summed E-state index contributed by atoms with van der Waals surface area (Å²) in [6.45, 7) is 0.162. The molecular formula is C24H24F8N6O3. The van der Waals surface area contributed by atoms with Crippen molar-refractivity contribution in [2.45, 2.75) is 69.5 Å². The van der Waals surface area contributed by atoms with Crippen molar-refractivity contribution in [1.82, 2.24) is 30.9 Å². The monoisotopic (exact) mass is 596 g/mol. The van der Waals surface area contributed by atoms with Crippen molar-refractivity contribution >= 4 is 22.8 Å². The number of fused-ring (bicyclic) bond motifs is 1. The molecule has 3 atom stereocenters. The lowest BCUT2D eigenvalue weighted by atomic mass is 9.81. The molecule has 1 fully saturated rings. The number of halogens is 8. The van der Waals surface area contributed by atoms with Gasteiger partial charge in [-0.3, -0.25) is 9.59 Å². The molecule has 2 amide bonds. The van der Waals surface area contributed by atoms with Crippen LogP contribution in [0.15, 0.2) is 16.8 Å². The second kappa shape index (κ2) is 12.0. The van der Waals surface area contributed by atoms with Gasteiger partial charge < -0.3 is 15.6 Å². The SMILES string of the molecule is Cc1nonc1C(=O)N[C@H](c1nc2c(F)c([C@H](C(=O)NCC(F)F)C(F)C(F)F)ccc2[nH]1)C1CCC(F)(F)CC1. The lowest BCUT2D eigenvalue weighted by molar-refractivity contribution is -0.126. The highest BCUT2D eigenvalue weighted by molar-refractivity contribution is 5.93. The molecular weight excluding hydrogens is 572 g/mol. The lowest BCUT2D eigenvalue weighted by Crippen LogP contribution is -2.39. The Bertz CT molecular complexity index is 1390. The van der Waals surface area contributed by atoms with Gasteiger partial charge in [-0.05, 0) is 36.9 Å². The van der Waals surface area contributed by atoms with Crippen LogP contribution in [0.5, 0.6) is 0 Å². The Hall–Kier alpha value is -3.79. The van der Waals surface area contributed by atoms with Gasteiger partial charge in [0, 0.05) is 18.4 Å². The van der Waals surface area contributed by atoms with Gasteiger partial charge in [0.25, 0.3) is 18.8 Å². The first-order chi connectivity index (χ1) is 19.3. The molecule has 1 aliphatic carbocycles. The van der Waals surface area contributed by atoms with Crippen LogP contribution >= 0.6 is 0 Å². The number of amides is 2. The third-order valence-electron chi connectivity index (χ3n) is 6.93. The summed E-state index contributed by atoms with van der Waals surface area (Å²) in [6, 6.07) is 0.848. The van der Waals surface area contributed by atoms with Gasteiger partial charge in [0.05, 0.1) is 18.1 Å². The molecule has 1 saturated carbocycles. The van der Waals surface area contributed by atoms with Crippen molar-refractivity contribution < 1.29 is 49.3 Å². The minimum absolute atomic E-state index is 0.0525. The van der Waals surface area contributed by atoms with Crippen molar-refractivity contribution in [3.8, 4) is 0 Å². The van der Waals surface area contributed by atoms with Gasteiger partial charge in [0.1, 0.15) is 23.0 Å². The van der Waals surface area contributed by atoms with Crippen molar-refractivity contribution in [2.75, 3.05) is 6.54 Å². The standard InChI is InChI=1S/C24H24F8N6O3/c1-9-17(38-41-37-9)23(40)36-18(10-4-6-24(31,32)7-5-10)21-34-12-3-2-11(15(27)19(12)35-21)14(16(28)20(29)30)22(39)33-8-13(25)26/h2-3,10,13-14,16,18,20H,4-8H2,1H3,(H,33,39)(H,34,35)(H,36,40)/t14-,16?,18-/m0/s1. The molecule has 1 aliphatic rings. The van der Waals surface area contributed by atoms with E-state index in [1.165, 1.54) is 6.92 Å². The fraction of sp³-hybridized carbons (Fsp3) is 0.542. The van der Waals surface area contributed by atoms with Crippen LogP contribution in [0.2, 0.25) is 0 Å². The number of hydrogen-bond acceptors (Lipinski definition) is 6. The van der Waals surface area contributed by atoms with Crippen molar-refractivity contribution in [1.29, 1.82) is 0 Å². The molecule has 224 valence electrons. The first-order valence-electron chi connectivity index (χ1n) is 12.4. The van der Waals surface area contributed by atoms with Gasteiger partial charge in [0.15, 0.2) is 17.7 Å². The maximum absolute atomic E-state index is 15.6. The van der Waals surface area contributed by atoms with Crippen LogP contribution in [0, 0.1) is 18.7 Å². The fourth-order valence-electron chi connectivity index (χ4n) is 4.81. The zero-order valence-corrected chi connectivity index (χ0v) is 21.2. The second-order valence-corrected chi connectivity index (χ2v) is 9.72. The van der Waals surface area contributed by atoms with E-state index in [0.29, 0.717) is 0 Å². The number of imidazole rings is 1. The molecule has 1 unspecified atom stereocenters. The Morgan fingerprint density at radius 2 is 1.80 bits per heavy atom. The number of rotatable bonds is 10. The quantitative estimate of drug-likeness (QED) is 0.290. The molecule has 41 heavy (non-hydrogen) atoms. The predicted molar refractivity (Wildman–Crippen MR) is 125 cm³/mol. The van der Waals surface area contributed by atoms with E-state index in [9.17, 15) is 40.3 Å². The molecule has 17 heteroatoms. The Balaban J connectivity index is 1.72. The summed E-state index contributed by atoms with van der Waals surface area (Å²) in [5.41, 5.74) is -1.52. The van der Waals surface area contributed by atoms with Gasteiger partial charge in [-0.1, -0.05) is 11.2 Å². The Morgan fingerprint density at radius 1 is 1.12 bits per heavy atom. The van der Waals surface area contributed by atoms with E-state index >= 15 is 4.39 Å². The Labute approximate surface area is 226 Å². The summed E-state index contributed by atoms with van der Waals surface area (Å²) in [5, 5.41) is 11.2. The summed E-state index contributed by atoms with van der Waals surface area (Å²) in [4.78, 5) is 32.1. The van der Waals surface area contributed by atoms with Gasteiger partial charge in [-0.15, -0.1) is 0 Å². The topological polar surface area (TPSA) is 126 Å². The van der Waals surface area contributed by atoms with Crippen LogP contribution in [0.25, 0.3) is 11.0 Å². The normalized spacial score (nSPS) is 18.0. The minimum Gasteiger partial charge on any atom is -0.350 e. The molecule has 2 heterocycles. The van der Waals surface area contributed by atoms with Crippen LogP contribution in [0.4, 0.5) is 35.1 Å². The number of hydrogen-bond donors (Lipinski definition) is 3. The number of nitrogens with zero attached hydrogens (tertiary/aromatic N) is 3. The number of H-pyrrole nitrogens is 1. The number of aryl methyl sites for hydroxylation is 1. The van der Waals surface area contributed by atoms with Gasteiger partial charge in [-0.25, -0.2) is 44.7 Å². The average molecular weight is 596 g/mol. The third kappa shape index (κ3) is 6.59. The van der Waals surface area contributed by atoms with Crippen molar-refractivity contribution in [3.63, 3.8) is 0 Å². The number of alkyl halides is 7. The molecule has 2 aromatic heterocycles. The summed E-state index contributed by atoms with van der Waals surface area (Å²) in [7, 11) is 0. The van der Waals surface area contributed by atoms with E-state index in [2.05, 4.69) is 30.2 Å². The van der Waals surface area contributed by atoms with Gasteiger partial charge in [-0.2, -0.15) is 0 Å². The number of nitrogens with one attached hydrogen (secondary N) is 3. The molecule has 3 aromatic rings. The maximum atomic E-state index is 15.6. The summed E-state index contributed by atoms with van der Waals surface area (Å²) < 4.78 is 114. The van der Waals surface area contributed by atoms with Gasteiger partial charge >= 0.3 is 0 Å². The Morgan fingerprint density at radius 3 is 2.39 bits per heavy atom. The average Bonchev–Trinajstić information content (AvgIpc) is 3.54. The maximum Gasteiger partial charge on any atom is 0.276 e. The van der Waals surface area contributed by atoms with E-state index in [0.717, 1.165) is 12.1 Å². The largest absolute Gasteiger partial charge is 0.350 e. The molecule has 1 aromatic carbocycles. The zero-order valence-electron chi connectivity index (χ0n) is 21.2. The summed E-state index contributed by atoms with van der Waals surface area (Å²) >= 11 is 0. The molecule has 0 aliphatic heterocycles. The van der Waals surface area contributed by atoms with Crippen LogP contribution in [-0.2, 0) is 4.79 Å². The summed E-state index contributed by atoms with van der Waals surface area (Å²) in [5.74, 6) is -9.88. The van der Waals surface area contributed by atoms with Crippen molar-refractivity contribution in [3.05, 3.63) is 40.7 Å². The number of carbonyl (C=O) groups is 2. The van der Waals surface area contributed by atoms with Crippen LogP contribution in [0.3, 0.4) is 0 Å². The highest BCUT2D eigenvalue weighted by atomic mass is 19.3. The van der Waals surface area contributed by atoms with Gasteiger partial charge in [0.2, 0.25) is 11.8 Å². The van der Waals surface area contributed by atoms with E-state index < -0.39 is 90.9 Å². The molecule has 4 rings (SSSR count). The zero-order chi connectivity index (χ0) is 30.1. The molecule has 0 bridgehead atoms. The molecule has 0 saturated heterocycles. The predicted octanol–water partition coefficient (Wildman–Crippen LogP) is 4.76. The summed E-state index contributed by atoms with van der Waals surface area (Å²) in [6.07, 6.45) is -11.2. The first kappa shape index (κ1) is 30.2. The highest BCUT2D eigenvalue weighted by Gasteiger charge is 2.41. The van der Waals surface area contributed by atoms with E-state index in [1.54, 1.807) is 5.32 Å². The van der Waals surface area contributed by atoms with Crippen LogP contribution in [-0.4, -0.2) is 63.6 Å². The number of carbonyl (C=O) groups excluding carboxylic acids is 2. The Kier molecular flexibility index (Phi) is 8.82. The molecule has 0 radical (unpaired) electrons. The highest BCUT2D eigenvalue weighted by Crippen LogP contribution is 2.42. The third-order valence-corrected chi connectivity index (χ3v) is 6.93. The second-order valence-electron chi connectivity index (χ2n) is 9.72. The molecule has 9 nitrogen and oxygen atoms in total. The molecule has 3 N–H and O–H groups in total. The van der Waals surface area contributed by atoms with E-state index in [-0.39, 0.29) is 35.6 Å². The number of benzene rings is 1. The number of aromatic nitrogens is 4. The smallest absolute Gasteiger partial charge is 0.276 e. The molecule has 0 spiro atoms. The van der Waals surface area contributed by atoms with Crippen LogP contribution in [0.1, 0.15) is 65.2 Å². The lowest BCUT2D eigenvalue weighted by Gasteiger charge is -2.33. The number of aromatic amines is 1.